The highest BCUT2D eigenvalue weighted by atomic mass is 16.6. The van der Waals surface area contributed by atoms with E-state index >= 15 is 0 Å². The van der Waals surface area contributed by atoms with Gasteiger partial charge in [0.25, 0.3) is 0 Å². The molecule has 0 saturated carbocycles. The lowest BCUT2D eigenvalue weighted by Gasteiger charge is -2.12. The number of hydrogen-bond donors (Lipinski definition) is 2. The van der Waals surface area contributed by atoms with Gasteiger partial charge in [0.15, 0.2) is 0 Å². The maximum absolute atomic E-state index is 11.8. The Kier molecular flexibility index (Phi) is 7.28. The Morgan fingerprint density at radius 2 is 1.77 bits per heavy atom. The van der Waals surface area contributed by atoms with Crippen molar-refractivity contribution in [1.82, 2.24) is 0 Å². The molecule has 0 aliphatic carbocycles. The second-order valence-electron chi connectivity index (χ2n) is 4.66. The predicted octanol–water partition coefficient (Wildman–Crippen LogP) is 0.858. The first-order chi connectivity index (χ1) is 10.5. The number of carbonyl (C=O) groups is 2. The van der Waals surface area contributed by atoms with E-state index in [2.05, 4.69) is 11.3 Å². The molecule has 0 aliphatic rings. The fourth-order valence-corrected chi connectivity index (χ4v) is 1.52. The summed E-state index contributed by atoms with van der Waals surface area (Å²) in [5, 5.41) is 18.3. The van der Waals surface area contributed by atoms with Crippen molar-refractivity contribution < 1.29 is 29.3 Å². The first-order valence-electron chi connectivity index (χ1n) is 6.87. The van der Waals surface area contributed by atoms with E-state index in [0.717, 1.165) is 12.0 Å². The maximum atomic E-state index is 11.8. The van der Waals surface area contributed by atoms with Gasteiger partial charge in [-0.3, -0.25) is 0 Å². The molecule has 0 aromatic heterocycles. The van der Waals surface area contributed by atoms with Crippen molar-refractivity contribution >= 4 is 11.9 Å². The topological polar surface area (TPSA) is 93.1 Å². The van der Waals surface area contributed by atoms with Crippen LogP contribution in [0.4, 0.5) is 0 Å². The quantitative estimate of drug-likeness (QED) is 0.546. The van der Waals surface area contributed by atoms with Gasteiger partial charge in [-0.25, -0.2) is 9.59 Å². The van der Waals surface area contributed by atoms with Crippen LogP contribution >= 0.6 is 0 Å². The molecule has 2 N–H and O–H groups in total. The summed E-state index contributed by atoms with van der Waals surface area (Å²) in [5.41, 5.74) is 1.38. The Balaban J connectivity index is 2.36. The SMILES string of the molecule is C=C(CO)C(=O)OCC(O)COC(=O)c1ccc(CC)cc1. The Morgan fingerprint density at radius 1 is 1.18 bits per heavy atom. The van der Waals surface area contributed by atoms with Crippen LogP contribution in [0.15, 0.2) is 36.4 Å². The molecule has 1 aromatic rings. The molecule has 6 nitrogen and oxygen atoms in total. The smallest absolute Gasteiger partial charge is 0.338 e. The lowest BCUT2D eigenvalue weighted by atomic mass is 10.1. The first kappa shape index (κ1) is 17.9. The Labute approximate surface area is 129 Å². The Bertz CT molecular complexity index is 520. The van der Waals surface area contributed by atoms with Gasteiger partial charge in [-0.05, 0) is 24.1 Å². The summed E-state index contributed by atoms with van der Waals surface area (Å²) in [6.45, 7) is 4.14. The summed E-state index contributed by atoms with van der Waals surface area (Å²) in [7, 11) is 0. The van der Waals surface area contributed by atoms with Crippen LogP contribution in [0.25, 0.3) is 0 Å². The second kappa shape index (κ2) is 8.96. The number of aliphatic hydroxyl groups is 2. The third kappa shape index (κ3) is 5.67. The van der Waals surface area contributed by atoms with Crippen molar-refractivity contribution in [2.24, 2.45) is 0 Å². The van der Waals surface area contributed by atoms with E-state index in [-0.39, 0.29) is 18.8 Å². The molecule has 0 spiro atoms. The molecule has 120 valence electrons. The molecule has 1 atom stereocenters. The standard InChI is InChI=1S/C16H20O6/c1-3-12-4-6-13(7-5-12)16(20)22-10-14(18)9-21-15(19)11(2)8-17/h4-7,14,17-18H,2-3,8-10H2,1H3. The van der Waals surface area contributed by atoms with E-state index in [0.29, 0.717) is 5.56 Å². The minimum absolute atomic E-state index is 0.111. The first-order valence-corrected chi connectivity index (χ1v) is 6.87. The summed E-state index contributed by atoms with van der Waals surface area (Å²) < 4.78 is 9.62. The van der Waals surface area contributed by atoms with Crippen molar-refractivity contribution in [3.63, 3.8) is 0 Å². The third-order valence-corrected chi connectivity index (χ3v) is 2.89. The number of carbonyl (C=O) groups excluding carboxylic acids is 2. The van der Waals surface area contributed by atoms with Gasteiger partial charge < -0.3 is 19.7 Å². The van der Waals surface area contributed by atoms with Crippen LogP contribution in [0, 0.1) is 0 Å². The number of ether oxygens (including phenoxy) is 2. The summed E-state index contributed by atoms with van der Waals surface area (Å²) in [6.07, 6.45) is -0.271. The molecular weight excluding hydrogens is 288 g/mol. The van der Waals surface area contributed by atoms with Crippen LogP contribution in [0.5, 0.6) is 0 Å². The molecule has 22 heavy (non-hydrogen) atoms. The van der Waals surface area contributed by atoms with Crippen molar-refractivity contribution in [3.8, 4) is 0 Å². The van der Waals surface area contributed by atoms with Gasteiger partial charge in [0.2, 0.25) is 0 Å². The summed E-state index contributed by atoms with van der Waals surface area (Å²) >= 11 is 0. The van der Waals surface area contributed by atoms with E-state index in [4.69, 9.17) is 9.84 Å². The zero-order chi connectivity index (χ0) is 16.5. The summed E-state index contributed by atoms with van der Waals surface area (Å²) in [5.74, 6) is -1.36. The molecule has 6 heteroatoms. The van der Waals surface area contributed by atoms with Crippen molar-refractivity contribution in [1.29, 1.82) is 0 Å². The Hall–Kier alpha value is -2.18. The number of rotatable bonds is 8. The largest absolute Gasteiger partial charge is 0.459 e. The van der Waals surface area contributed by atoms with Gasteiger partial charge in [-0.15, -0.1) is 0 Å². The van der Waals surface area contributed by atoms with Gasteiger partial charge in [-0.2, -0.15) is 0 Å². The second-order valence-corrected chi connectivity index (χ2v) is 4.66. The monoisotopic (exact) mass is 308 g/mol. The molecular formula is C16H20O6. The average molecular weight is 308 g/mol. The van der Waals surface area contributed by atoms with Crippen LogP contribution in [0.3, 0.4) is 0 Å². The number of esters is 2. The molecule has 0 saturated heterocycles. The zero-order valence-electron chi connectivity index (χ0n) is 12.4. The maximum Gasteiger partial charge on any atom is 0.338 e. The average Bonchev–Trinajstić information content (AvgIpc) is 2.56. The highest BCUT2D eigenvalue weighted by molar-refractivity contribution is 5.89. The molecule has 0 aliphatic heterocycles. The summed E-state index contributed by atoms with van der Waals surface area (Å²) in [6, 6.07) is 6.96. The van der Waals surface area contributed by atoms with E-state index in [1.165, 1.54) is 0 Å². The van der Waals surface area contributed by atoms with Crippen LogP contribution < -0.4 is 0 Å². The molecule has 1 unspecified atom stereocenters. The molecule has 1 rings (SSSR count). The van der Waals surface area contributed by atoms with E-state index in [9.17, 15) is 14.7 Å². The van der Waals surface area contributed by atoms with Crippen molar-refractivity contribution in [3.05, 3.63) is 47.5 Å². The number of hydrogen-bond acceptors (Lipinski definition) is 6. The highest BCUT2D eigenvalue weighted by Crippen LogP contribution is 2.07. The van der Waals surface area contributed by atoms with Crippen LogP contribution in [-0.2, 0) is 20.7 Å². The molecule has 0 bridgehead atoms. The molecule has 0 heterocycles. The molecule has 0 amide bonds. The number of aliphatic hydroxyl groups excluding tert-OH is 2. The Morgan fingerprint density at radius 3 is 2.32 bits per heavy atom. The summed E-state index contributed by atoms with van der Waals surface area (Å²) in [4.78, 5) is 23.0. The van der Waals surface area contributed by atoms with Gasteiger partial charge in [0, 0.05) is 0 Å². The molecule has 0 radical (unpaired) electrons. The van der Waals surface area contributed by atoms with Crippen LogP contribution in [0.2, 0.25) is 0 Å². The van der Waals surface area contributed by atoms with Gasteiger partial charge in [0.05, 0.1) is 17.7 Å². The highest BCUT2D eigenvalue weighted by Gasteiger charge is 2.14. The minimum Gasteiger partial charge on any atom is -0.459 e. The fourth-order valence-electron chi connectivity index (χ4n) is 1.52. The van der Waals surface area contributed by atoms with E-state index < -0.39 is 24.6 Å². The van der Waals surface area contributed by atoms with Crippen molar-refractivity contribution in [2.75, 3.05) is 19.8 Å². The van der Waals surface area contributed by atoms with Gasteiger partial charge >= 0.3 is 11.9 Å². The van der Waals surface area contributed by atoms with Gasteiger partial charge in [0.1, 0.15) is 19.3 Å². The van der Waals surface area contributed by atoms with Crippen molar-refractivity contribution in [2.45, 2.75) is 19.4 Å². The van der Waals surface area contributed by atoms with Crippen LogP contribution in [-0.4, -0.2) is 48.1 Å². The third-order valence-electron chi connectivity index (χ3n) is 2.89. The lowest BCUT2D eigenvalue weighted by molar-refractivity contribution is -0.143. The van der Waals surface area contributed by atoms with Gasteiger partial charge in [-0.1, -0.05) is 25.6 Å². The van der Waals surface area contributed by atoms with E-state index in [1.807, 2.05) is 19.1 Å². The van der Waals surface area contributed by atoms with Crippen LogP contribution in [0.1, 0.15) is 22.8 Å². The fraction of sp³-hybridized carbons (Fsp3) is 0.375. The molecule has 1 aromatic carbocycles. The number of benzene rings is 1. The lowest BCUT2D eigenvalue weighted by Crippen LogP contribution is -2.26. The number of aryl methyl sites for hydroxylation is 1. The minimum atomic E-state index is -1.14. The predicted molar refractivity (Wildman–Crippen MR) is 79.3 cm³/mol. The zero-order valence-corrected chi connectivity index (χ0v) is 12.4. The van der Waals surface area contributed by atoms with E-state index in [1.54, 1.807) is 12.1 Å². The molecule has 0 fully saturated rings. The normalized spacial score (nSPS) is 11.6.